The fraction of sp³-hybridized carbons (Fsp3) is 0.667. The average Bonchev–Trinajstić information content (AvgIpc) is 3.04. The van der Waals surface area contributed by atoms with E-state index in [4.69, 9.17) is 5.73 Å². The van der Waals surface area contributed by atoms with Crippen molar-refractivity contribution in [3.8, 4) is 0 Å². The molecule has 3 atom stereocenters. The van der Waals surface area contributed by atoms with Crippen molar-refractivity contribution in [2.75, 3.05) is 13.1 Å². The second kappa shape index (κ2) is 4.88. The minimum Gasteiger partial charge on any atom is -0.356 e. The van der Waals surface area contributed by atoms with Crippen LogP contribution in [0.1, 0.15) is 33.1 Å². The van der Waals surface area contributed by atoms with Gasteiger partial charge in [0.25, 0.3) is 0 Å². The molecule has 0 aliphatic heterocycles. The molecular weight excluding hydrogens is 224 g/mol. The van der Waals surface area contributed by atoms with Gasteiger partial charge in [0.15, 0.2) is 0 Å². The first-order valence-electron chi connectivity index (χ1n) is 6.89. The van der Waals surface area contributed by atoms with Crippen molar-refractivity contribution in [2.24, 2.45) is 22.5 Å². The lowest BCUT2D eigenvalue weighted by Gasteiger charge is -2.31. The van der Waals surface area contributed by atoms with Crippen LogP contribution in [0.2, 0.25) is 0 Å². The van der Waals surface area contributed by atoms with E-state index in [1.807, 2.05) is 6.92 Å². The minimum atomic E-state index is -0.213. The Hall–Kier alpha value is -1.09. The maximum Gasteiger partial charge on any atom is 0.226 e. The van der Waals surface area contributed by atoms with Gasteiger partial charge in [-0.15, -0.1) is 0 Å². The lowest BCUT2D eigenvalue weighted by Crippen LogP contribution is -2.37. The summed E-state index contributed by atoms with van der Waals surface area (Å²) in [4.78, 5) is 12.3. The number of rotatable bonds is 5. The second-order valence-corrected chi connectivity index (χ2v) is 5.97. The maximum absolute atomic E-state index is 12.3. The molecule has 1 saturated carbocycles. The Labute approximate surface area is 110 Å². The second-order valence-electron chi connectivity index (χ2n) is 5.97. The monoisotopic (exact) mass is 248 g/mol. The van der Waals surface area contributed by atoms with Gasteiger partial charge in [-0.25, -0.2) is 0 Å². The summed E-state index contributed by atoms with van der Waals surface area (Å²) < 4.78 is 0. The van der Waals surface area contributed by atoms with Crippen LogP contribution in [0.15, 0.2) is 24.3 Å². The van der Waals surface area contributed by atoms with E-state index in [-0.39, 0.29) is 16.7 Å². The Morgan fingerprint density at radius 3 is 2.78 bits per heavy atom. The summed E-state index contributed by atoms with van der Waals surface area (Å²) in [6.45, 7) is 5.52. The van der Waals surface area contributed by atoms with Crippen LogP contribution in [0.4, 0.5) is 0 Å². The largest absolute Gasteiger partial charge is 0.356 e. The summed E-state index contributed by atoms with van der Waals surface area (Å²) >= 11 is 0. The Kier molecular flexibility index (Phi) is 3.62. The van der Waals surface area contributed by atoms with Gasteiger partial charge in [0.05, 0.1) is 5.41 Å². The smallest absolute Gasteiger partial charge is 0.226 e. The Bertz CT molecular complexity index is 388. The molecule has 0 bridgehead atoms. The number of hydrogen-bond donors (Lipinski definition) is 2. The molecule has 1 fully saturated rings. The molecule has 100 valence electrons. The van der Waals surface area contributed by atoms with Gasteiger partial charge in [-0.1, -0.05) is 31.2 Å². The van der Waals surface area contributed by atoms with Crippen molar-refractivity contribution < 1.29 is 4.79 Å². The third kappa shape index (κ3) is 2.37. The zero-order chi connectivity index (χ0) is 13.2. The van der Waals surface area contributed by atoms with Crippen LogP contribution >= 0.6 is 0 Å². The molecule has 3 nitrogen and oxygen atoms in total. The Balaban J connectivity index is 2.10. The lowest BCUT2D eigenvalue weighted by atomic mass is 9.74. The molecule has 2 aliphatic rings. The number of carbonyl (C=O) groups is 1. The quantitative estimate of drug-likeness (QED) is 0.782. The first kappa shape index (κ1) is 13.3. The molecule has 0 spiro atoms. The van der Waals surface area contributed by atoms with E-state index in [1.165, 1.54) is 0 Å². The standard InChI is InChI=1S/C15H24N2O/c1-3-17-13(18)15(9-12(15)10-16)11-14(2)7-5-4-6-8-14/h4-7,12H,3,8-11,16H2,1-2H3,(H,17,18). The van der Waals surface area contributed by atoms with Gasteiger partial charge in [-0.2, -0.15) is 0 Å². The predicted molar refractivity (Wildman–Crippen MR) is 73.9 cm³/mol. The number of carbonyl (C=O) groups excluding carboxylic acids is 1. The van der Waals surface area contributed by atoms with E-state index in [0.717, 1.165) is 19.3 Å². The zero-order valence-corrected chi connectivity index (χ0v) is 11.4. The maximum atomic E-state index is 12.3. The third-order valence-corrected chi connectivity index (χ3v) is 4.36. The summed E-state index contributed by atoms with van der Waals surface area (Å²) in [7, 11) is 0. The summed E-state index contributed by atoms with van der Waals surface area (Å²) in [6.07, 6.45) is 11.5. The number of hydrogen-bond acceptors (Lipinski definition) is 2. The molecule has 1 amide bonds. The number of allylic oxidation sites excluding steroid dienone is 4. The van der Waals surface area contributed by atoms with E-state index in [1.54, 1.807) is 0 Å². The van der Waals surface area contributed by atoms with Crippen LogP contribution in [0.5, 0.6) is 0 Å². The van der Waals surface area contributed by atoms with Crippen molar-refractivity contribution in [1.82, 2.24) is 5.32 Å². The summed E-state index contributed by atoms with van der Waals surface area (Å²) in [5.74, 6) is 0.560. The van der Waals surface area contributed by atoms with Crippen LogP contribution in [-0.4, -0.2) is 19.0 Å². The van der Waals surface area contributed by atoms with Crippen LogP contribution in [0.3, 0.4) is 0 Å². The molecule has 18 heavy (non-hydrogen) atoms. The predicted octanol–water partition coefficient (Wildman–Crippen LogP) is 2.00. The first-order chi connectivity index (χ1) is 8.56. The third-order valence-electron chi connectivity index (χ3n) is 4.36. The molecule has 0 radical (unpaired) electrons. The number of amides is 1. The molecule has 0 aromatic carbocycles. The van der Waals surface area contributed by atoms with E-state index in [9.17, 15) is 4.79 Å². The van der Waals surface area contributed by atoms with Gasteiger partial charge >= 0.3 is 0 Å². The van der Waals surface area contributed by atoms with Crippen LogP contribution in [0, 0.1) is 16.7 Å². The molecule has 0 heterocycles. The fourth-order valence-corrected chi connectivity index (χ4v) is 3.22. The number of nitrogens with one attached hydrogen (secondary N) is 1. The topological polar surface area (TPSA) is 55.1 Å². The van der Waals surface area contributed by atoms with Crippen LogP contribution < -0.4 is 11.1 Å². The van der Waals surface area contributed by atoms with Crippen molar-refractivity contribution in [3.63, 3.8) is 0 Å². The average molecular weight is 248 g/mol. The van der Waals surface area contributed by atoms with Gasteiger partial charge < -0.3 is 11.1 Å². The number of nitrogens with two attached hydrogens (primary N) is 1. The van der Waals surface area contributed by atoms with Gasteiger partial charge in [-0.3, -0.25) is 4.79 Å². The highest BCUT2D eigenvalue weighted by molar-refractivity contribution is 5.86. The van der Waals surface area contributed by atoms with Crippen molar-refractivity contribution in [3.05, 3.63) is 24.3 Å². The van der Waals surface area contributed by atoms with Crippen molar-refractivity contribution in [1.29, 1.82) is 0 Å². The summed E-state index contributed by atoms with van der Waals surface area (Å²) in [5.41, 5.74) is 5.67. The molecule has 3 heteroatoms. The van der Waals surface area contributed by atoms with Gasteiger partial charge in [-0.05, 0) is 44.1 Å². The van der Waals surface area contributed by atoms with E-state index < -0.39 is 0 Å². The van der Waals surface area contributed by atoms with E-state index in [0.29, 0.717) is 19.0 Å². The van der Waals surface area contributed by atoms with Gasteiger partial charge in [0, 0.05) is 6.54 Å². The van der Waals surface area contributed by atoms with Crippen LogP contribution in [-0.2, 0) is 4.79 Å². The summed E-state index contributed by atoms with van der Waals surface area (Å²) in [6, 6.07) is 0. The van der Waals surface area contributed by atoms with Gasteiger partial charge in [0.2, 0.25) is 5.91 Å². The van der Waals surface area contributed by atoms with Gasteiger partial charge in [0.1, 0.15) is 0 Å². The first-order valence-corrected chi connectivity index (χ1v) is 6.89. The molecule has 0 aromatic heterocycles. The van der Waals surface area contributed by atoms with E-state index in [2.05, 4.69) is 36.5 Å². The Morgan fingerprint density at radius 2 is 2.28 bits per heavy atom. The highest BCUT2D eigenvalue weighted by Crippen LogP contribution is 2.59. The highest BCUT2D eigenvalue weighted by Gasteiger charge is 2.60. The normalized spacial score (nSPS) is 37.6. The molecule has 2 aliphatic carbocycles. The van der Waals surface area contributed by atoms with Crippen molar-refractivity contribution in [2.45, 2.75) is 33.1 Å². The highest BCUT2D eigenvalue weighted by atomic mass is 16.2. The molecule has 0 aromatic rings. The summed E-state index contributed by atoms with van der Waals surface area (Å²) in [5, 5.41) is 2.98. The molecule has 2 rings (SSSR count). The molecular formula is C15H24N2O. The fourth-order valence-electron chi connectivity index (χ4n) is 3.22. The van der Waals surface area contributed by atoms with Crippen LogP contribution in [0.25, 0.3) is 0 Å². The molecule has 3 unspecified atom stereocenters. The molecule has 0 saturated heterocycles. The zero-order valence-electron chi connectivity index (χ0n) is 11.4. The van der Waals surface area contributed by atoms with E-state index >= 15 is 0 Å². The Morgan fingerprint density at radius 1 is 1.50 bits per heavy atom. The lowest BCUT2D eigenvalue weighted by molar-refractivity contribution is -0.127. The minimum absolute atomic E-state index is 0.101. The SMILES string of the molecule is CCNC(=O)C1(CC2(C)C=CC=CC2)CC1CN. The van der Waals surface area contributed by atoms with Crippen molar-refractivity contribution >= 4 is 5.91 Å². The molecule has 3 N–H and O–H groups in total.